The molecule has 0 aromatic heterocycles. The molecule has 0 bridgehead atoms. The molecule has 164 valence electrons. The zero-order chi connectivity index (χ0) is 21.8. The van der Waals surface area contributed by atoms with Crippen molar-refractivity contribution in [1.82, 2.24) is 20.9 Å². The molecule has 1 fully saturated rings. The van der Waals surface area contributed by atoms with E-state index in [1.807, 2.05) is 35.2 Å². The van der Waals surface area contributed by atoms with Crippen molar-refractivity contribution >= 4 is 11.7 Å². The van der Waals surface area contributed by atoms with Gasteiger partial charge in [-0.1, -0.05) is 30.3 Å². The minimum atomic E-state index is -4.73. The van der Waals surface area contributed by atoms with E-state index >= 15 is 0 Å². The summed E-state index contributed by atoms with van der Waals surface area (Å²) in [6, 6.07) is 15.3. The second-order valence-electron chi connectivity index (χ2n) is 7.63. The average Bonchev–Trinajstić information content (AvgIpc) is 3.43. The molecule has 31 heavy (non-hydrogen) atoms. The van der Waals surface area contributed by atoms with Crippen LogP contribution in [0, 0.1) is 5.92 Å². The summed E-state index contributed by atoms with van der Waals surface area (Å²) < 4.78 is 40.8. The van der Waals surface area contributed by atoms with E-state index in [1.54, 1.807) is 6.20 Å². The van der Waals surface area contributed by atoms with Crippen LogP contribution in [0.5, 0.6) is 5.75 Å². The highest BCUT2D eigenvalue weighted by Gasteiger charge is 2.32. The van der Waals surface area contributed by atoms with E-state index in [0.717, 1.165) is 19.3 Å². The van der Waals surface area contributed by atoms with Crippen LogP contribution in [0.4, 0.5) is 18.0 Å². The number of hydrazine groups is 2. The Morgan fingerprint density at radius 3 is 2.45 bits per heavy atom. The van der Waals surface area contributed by atoms with Gasteiger partial charge < -0.3 is 15.1 Å². The molecule has 6 nitrogen and oxygen atoms in total. The summed E-state index contributed by atoms with van der Waals surface area (Å²) in [5.41, 5.74) is 8.07. The molecule has 0 spiro atoms. The van der Waals surface area contributed by atoms with Gasteiger partial charge in [-0.2, -0.15) is 0 Å². The number of hydrogen-bond donors (Lipinski definition) is 2. The number of ether oxygens (including phenoxy) is 1. The second kappa shape index (κ2) is 8.89. The van der Waals surface area contributed by atoms with E-state index in [2.05, 4.69) is 15.7 Å². The van der Waals surface area contributed by atoms with Crippen LogP contribution >= 0.6 is 0 Å². The van der Waals surface area contributed by atoms with Gasteiger partial charge in [-0.05, 0) is 55.0 Å². The van der Waals surface area contributed by atoms with Crippen molar-refractivity contribution < 1.29 is 22.7 Å². The number of nitrogens with zero attached hydrogens (tertiary/aromatic N) is 2. The molecule has 2 aliphatic rings. The fourth-order valence-electron chi connectivity index (χ4n) is 3.34. The number of nitrogens with one attached hydrogen (secondary N) is 2. The third kappa shape index (κ3) is 5.91. The highest BCUT2D eigenvalue weighted by atomic mass is 19.4. The molecule has 1 aliphatic heterocycles. The predicted octanol–water partition coefficient (Wildman–Crippen LogP) is 4.28. The van der Waals surface area contributed by atoms with Crippen molar-refractivity contribution in [2.75, 3.05) is 13.1 Å². The third-order valence-corrected chi connectivity index (χ3v) is 5.13. The van der Waals surface area contributed by atoms with Gasteiger partial charge in [0.05, 0.1) is 11.9 Å². The molecule has 0 radical (unpaired) electrons. The first-order chi connectivity index (χ1) is 14.9. The highest BCUT2D eigenvalue weighted by Crippen LogP contribution is 2.30. The van der Waals surface area contributed by atoms with E-state index in [9.17, 15) is 18.0 Å². The molecule has 0 atom stereocenters. The van der Waals surface area contributed by atoms with E-state index < -0.39 is 6.36 Å². The maximum atomic E-state index is 13.1. The maximum Gasteiger partial charge on any atom is 0.573 e. The van der Waals surface area contributed by atoms with Crippen LogP contribution in [-0.2, 0) is 6.42 Å². The number of amides is 2. The fourth-order valence-corrected chi connectivity index (χ4v) is 3.34. The predicted molar refractivity (Wildman–Crippen MR) is 109 cm³/mol. The highest BCUT2D eigenvalue weighted by molar-refractivity contribution is 5.79. The number of alkyl halides is 3. The summed E-state index contributed by atoms with van der Waals surface area (Å²) in [6.45, 7) is 1.31. The molecule has 4 rings (SSSR count). The minimum Gasteiger partial charge on any atom is -0.406 e. The molecule has 2 amide bonds. The Bertz CT molecular complexity index is 928. The normalized spacial score (nSPS) is 16.0. The van der Waals surface area contributed by atoms with Crippen molar-refractivity contribution in [3.63, 3.8) is 0 Å². The summed E-state index contributed by atoms with van der Waals surface area (Å²) >= 11 is 0. The van der Waals surface area contributed by atoms with Gasteiger partial charge in [-0.15, -0.1) is 18.7 Å². The SMILES string of the molecule is O=C(N(CCc1ccccc1)CC1CC1)N1C=C(c2ccc(OC(F)(F)F)cc2)NN1. The van der Waals surface area contributed by atoms with Crippen molar-refractivity contribution in [2.24, 2.45) is 5.92 Å². The third-order valence-electron chi connectivity index (χ3n) is 5.13. The first-order valence-corrected chi connectivity index (χ1v) is 10.1. The number of benzene rings is 2. The minimum absolute atomic E-state index is 0.178. The Labute approximate surface area is 178 Å². The summed E-state index contributed by atoms with van der Waals surface area (Å²) in [7, 11) is 0. The van der Waals surface area contributed by atoms with E-state index in [4.69, 9.17) is 0 Å². The lowest BCUT2D eigenvalue weighted by Gasteiger charge is -2.26. The lowest BCUT2D eigenvalue weighted by Crippen LogP contribution is -2.48. The molecule has 2 aromatic rings. The summed E-state index contributed by atoms with van der Waals surface area (Å²) in [5, 5.41) is 1.36. The van der Waals surface area contributed by atoms with Crippen LogP contribution in [0.25, 0.3) is 5.70 Å². The van der Waals surface area contributed by atoms with Crippen LogP contribution in [-0.4, -0.2) is 35.4 Å². The van der Waals surface area contributed by atoms with Crippen molar-refractivity contribution in [3.05, 3.63) is 71.9 Å². The van der Waals surface area contributed by atoms with E-state index in [-0.39, 0.29) is 11.8 Å². The topological polar surface area (TPSA) is 56.8 Å². The van der Waals surface area contributed by atoms with Gasteiger partial charge in [-0.25, -0.2) is 9.80 Å². The number of carbonyl (C=O) groups is 1. The molecule has 2 N–H and O–H groups in total. The number of halogens is 3. The van der Waals surface area contributed by atoms with Gasteiger partial charge >= 0.3 is 12.4 Å². The largest absolute Gasteiger partial charge is 0.573 e. The Morgan fingerprint density at radius 1 is 1.10 bits per heavy atom. The van der Waals surface area contributed by atoms with Crippen molar-refractivity contribution in [2.45, 2.75) is 25.6 Å². The quantitative estimate of drug-likeness (QED) is 0.686. The number of carbonyl (C=O) groups excluding carboxylic acids is 1. The molecule has 2 aromatic carbocycles. The standard InChI is InChI=1S/C22H23F3N4O2/c23-22(24,25)31-19-10-8-18(9-11-19)20-15-29(27-26-20)21(30)28(14-17-6-7-17)13-12-16-4-2-1-3-5-16/h1-5,8-11,15,17,26-27H,6-7,12-14H2. The second-order valence-corrected chi connectivity index (χ2v) is 7.63. The monoisotopic (exact) mass is 432 g/mol. The van der Waals surface area contributed by atoms with Gasteiger partial charge in [0.25, 0.3) is 0 Å². The van der Waals surface area contributed by atoms with Crippen molar-refractivity contribution in [1.29, 1.82) is 0 Å². The van der Waals surface area contributed by atoms with E-state index in [0.29, 0.717) is 30.3 Å². The first-order valence-electron chi connectivity index (χ1n) is 10.1. The lowest BCUT2D eigenvalue weighted by molar-refractivity contribution is -0.274. The molecule has 0 saturated heterocycles. The Hall–Kier alpha value is -3.20. The Kier molecular flexibility index (Phi) is 6.03. The summed E-state index contributed by atoms with van der Waals surface area (Å²) in [4.78, 5) is 14.9. The molecular formula is C22H23F3N4O2. The molecule has 0 unspecified atom stereocenters. The van der Waals surface area contributed by atoms with Gasteiger partial charge in [0, 0.05) is 18.7 Å². The van der Waals surface area contributed by atoms with Crippen LogP contribution in [0.15, 0.2) is 60.8 Å². The van der Waals surface area contributed by atoms with Crippen LogP contribution in [0.1, 0.15) is 24.0 Å². The number of hydrogen-bond acceptors (Lipinski definition) is 4. The summed E-state index contributed by atoms with van der Waals surface area (Å²) in [5.74, 6) is 0.243. The van der Waals surface area contributed by atoms with Gasteiger partial charge in [0.2, 0.25) is 0 Å². The van der Waals surface area contributed by atoms with Crippen LogP contribution in [0.2, 0.25) is 0 Å². The average molecular weight is 432 g/mol. The molecule has 1 heterocycles. The van der Waals surface area contributed by atoms with Gasteiger partial charge in [0.15, 0.2) is 0 Å². The fraction of sp³-hybridized carbons (Fsp3) is 0.318. The number of urea groups is 1. The first kappa shape index (κ1) is 21.0. The lowest BCUT2D eigenvalue weighted by atomic mass is 10.1. The smallest absolute Gasteiger partial charge is 0.406 e. The maximum absolute atomic E-state index is 13.1. The molecule has 1 aliphatic carbocycles. The zero-order valence-electron chi connectivity index (χ0n) is 16.7. The molecule has 1 saturated carbocycles. The summed E-state index contributed by atoms with van der Waals surface area (Å²) in [6.07, 6.45) is -0.105. The van der Waals surface area contributed by atoms with Crippen LogP contribution < -0.4 is 15.7 Å². The Morgan fingerprint density at radius 2 is 1.81 bits per heavy atom. The molecule has 9 heteroatoms. The van der Waals surface area contributed by atoms with Crippen molar-refractivity contribution in [3.8, 4) is 5.75 Å². The van der Waals surface area contributed by atoms with Crippen LogP contribution in [0.3, 0.4) is 0 Å². The number of rotatable bonds is 7. The zero-order valence-corrected chi connectivity index (χ0v) is 16.7. The van der Waals surface area contributed by atoms with E-state index in [1.165, 1.54) is 34.8 Å². The molecular weight excluding hydrogens is 409 g/mol. The van der Waals surface area contributed by atoms with Gasteiger partial charge in [-0.3, -0.25) is 0 Å². The van der Waals surface area contributed by atoms with Gasteiger partial charge in [0.1, 0.15) is 5.75 Å². The Balaban J connectivity index is 1.40.